The lowest BCUT2D eigenvalue weighted by molar-refractivity contribution is 4.52. The normalized spacial score (nSPS) is 6.00. The lowest BCUT2D eigenvalue weighted by Gasteiger charge is -1.36. The Bertz CT molecular complexity index is 72.7. The summed E-state index contributed by atoms with van der Waals surface area (Å²) in [6, 6.07) is 0. The van der Waals surface area contributed by atoms with Gasteiger partial charge in [0.1, 0.15) is 0 Å². The standard InChI is InChI=1S/C3H6S/c1-4(2)3/h1-3H2. The molecule has 0 saturated heterocycles. The lowest BCUT2D eigenvalue weighted by atomic mass is 11.9. The van der Waals surface area contributed by atoms with Gasteiger partial charge >= 0.3 is 0 Å². The van der Waals surface area contributed by atoms with Gasteiger partial charge in [-0.3, -0.25) is 0 Å². The second-order valence-electron chi connectivity index (χ2n) is 0.612. The van der Waals surface area contributed by atoms with Gasteiger partial charge in [-0.05, 0) is 0 Å². The largest absolute Gasteiger partial charge is 0.219 e. The Morgan fingerprint density at radius 1 is 1.00 bits per heavy atom. The molecule has 0 rings (SSSR count). The van der Waals surface area contributed by atoms with Gasteiger partial charge in [0.25, 0.3) is 0 Å². The molecule has 0 bridgehead atoms. The van der Waals surface area contributed by atoms with Crippen LogP contribution < -0.4 is 0 Å². The molecule has 0 N–H and O–H groups in total. The molecule has 1 heteroatoms. The van der Waals surface area contributed by atoms with E-state index in [1.54, 1.807) is 0 Å². The van der Waals surface area contributed by atoms with Crippen molar-refractivity contribution < 1.29 is 0 Å². The third-order valence-corrected chi connectivity index (χ3v) is 0. The van der Waals surface area contributed by atoms with E-state index < -0.39 is 0 Å². The van der Waals surface area contributed by atoms with Crippen molar-refractivity contribution in [3.63, 3.8) is 0 Å². The smallest absolute Gasteiger partial charge is 0.0561 e. The van der Waals surface area contributed by atoms with Crippen LogP contribution in [0.2, 0.25) is 0 Å². The topological polar surface area (TPSA) is 0 Å². The summed E-state index contributed by atoms with van der Waals surface area (Å²) in [7, 11) is -0.111. The van der Waals surface area contributed by atoms with Crippen molar-refractivity contribution in [3.05, 3.63) is 0 Å². The van der Waals surface area contributed by atoms with Crippen LogP contribution in [0.3, 0.4) is 0 Å². The maximum absolute atomic E-state index is 3.44. The van der Waals surface area contributed by atoms with Gasteiger partial charge < -0.3 is 0 Å². The molecule has 0 aliphatic rings. The highest BCUT2D eigenvalue weighted by Crippen LogP contribution is 1.50. The Kier molecular flexibility index (Phi) is 1.13. The average molecular weight is 74.1 g/mol. The minimum absolute atomic E-state index is 0.111. The molecular formula is C3H6S. The summed E-state index contributed by atoms with van der Waals surface area (Å²) < 4.78 is 0. The van der Waals surface area contributed by atoms with Crippen LogP contribution in [0.25, 0.3) is 0 Å². The van der Waals surface area contributed by atoms with E-state index in [1.165, 1.54) is 0 Å². The first-order valence-corrected chi connectivity index (χ1v) is 2.60. The van der Waals surface area contributed by atoms with E-state index in [-0.39, 0.29) is 9.66 Å². The van der Waals surface area contributed by atoms with Crippen molar-refractivity contribution in [2.75, 3.05) is 0 Å². The molecule has 0 heterocycles. The van der Waals surface area contributed by atoms with Crippen LogP contribution in [-0.2, 0) is 0 Å². The molecular weight excluding hydrogens is 68.1 g/mol. The molecule has 0 nitrogen and oxygen atoms in total. The molecule has 0 atom stereocenters. The molecule has 0 aromatic carbocycles. The fraction of sp³-hybridized carbons (Fsp3) is 0. The Labute approximate surface area is 28.2 Å². The van der Waals surface area contributed by atoms with Crippen molar-refractivity contribution in [1.82, 2.24) is 0 Å². The summed E-state index contributed by atoms with van der Waals surface area (Å²) in [6.45, 7) is 0. The third kappa shape index (κ3) is 43.6. The monoisotopic (exact) mass is 74.0 g/mol. The van der Waals surface area contributed by atoms with E-state index in [1.807, 2.05) is 0 Å². The van der Waals surface area contributed by atoms with Crippen molar-refractivity contribution in [2.24, 2.45) is 0 Å². The van der Waals surface area contributed by atoms with Gasteiger partial charge in [-0.2, -0.15) is 0 Å². The quantitative estimate of drug-likeness (QED) is 0.368. The minimum Gasteiger partial charge on any atom is -0.219 e. The molecule has 0 saturated carbocycles. The zero-order valence-corrected chi connectivity index (χ0v) is 3.35. The molecule has 0 aliphatic carbocycles. The van der Waals surface area contributed by atoms with Crippen LogP contribution in [0.1, 0.15) is 0 Å². The van der Waals surface area contributed by atoms with Gasteiger partial charge in [0.05, 0.1) is 0 Å². The predicted molar refractivity (Wildman–Crippen MR) is 29.0 cm³/mol. The fourth-order valence-corrected chi connectivity index (χ4v) is 0. The molecule has 0 aromatic rings. The van der Waals surface area contributed by atoms with Crippen LogP contribution in [0.4, 0.5) is 0 Å². The molecule has 0 amide bonds. The first-order chi connectivity index (χ1) is 1.73. The van der Waals surface area contributed by atoms with Crippen LogP contribution in [0.15, 0.2) is 0 Å². The highest BCUT2D eigenvalue weighted by molar-refractivity contribution is 8.08. The van der Waals surface area contributed by atoms with Crippen molar-refractivity contribution in [1.29, 1.82) is 0 Å². The molecule has 0 aliphatic heterocycles. The third-order valence-electron chi connectivity index (χ3n) is 0. The second kappa shape index (κ2) is 1.18. The van der Waals surface area contributed by atoms with Gasteiger partial charge in [0.15, 0.2) is 0 Å². The maximum Gasteiger partial charge on any atom is -0.0561 e. The van der Waals surface area contributed by atoms with Crippen LogP contribution in [-0.4, -0.2) is 17.6 Å². The van der Waals surface area contributed by atoms with Gasteiger partial charge in [-0.1, -0.05) is 17.6 Å². The Hall–Kier alpha value is -0.170. The maximum atomic E-state index is 3.44. The first-order valence-electron chi connectivity index (χ1n) is 0.866. The molecule has 4 heavy (non-hydrogen) atoms. The van der Waals surface area contributed by atoms with E-state index in [0.29, 0.717) is 0 Å². The zero-order chi connectivity index (χ0) is 3.58. The van der Waals surface area contributed by atoms with E-state index in [0.717, 1.165) is 0 Å². The van der Waals surface area contributed by atoms with E-state index in [2.05, 4.69) is 17.6 Å². The summed E-state index contributed by atoms with van der Waals surface area (Å²) >= 11 is 0. The molecule has 24 valence electrons. The van der Waals surface area contributed by atoms with Crippen molar-refractivity contribution in [2.45, 2.75) is 0 Å². The Morgan fingerprint density at radius 2 is 1.00 bits per heavy atom. The molecule has 0 fully saturated rings. The van der Waals surface area contributed by atoms with Gasteiger partial charge in [0, 0.05) is 0 Å². The second-order valence-corrected chi connectivity index (χ2v) is 1.84. The number of hydrogen-bond acceptors (Lipinski definition) is 0. The average Bonchev–Trinajstić information content (AvgIpc) is 0.811. The van der Waals surface area contributed by atoms with E-state index in [9.17, 15) is 0 Å². The highest BCUT2D eigenvalue weighted by Gasteiger charge is 1.09. The molecule has 0 unspecified atom stereocenters. The number of hydrogen-bond donors (Lipinski definition) is 0. The molecule has 0 aromatic heterocycles. The predicted octanol–water partition coefficient (Wildman–Crippen LogP) is 0.551. The summed E-state index contributed by atoms with van der Waals surface area (Å²) in [5, 5.41) is 0. The minimum atomic E-state index is -0.111. The first kappa shape index (κ1) is 3.83. The highest BCUT2D eigenvalue weighted by atomic mass is 32.1. The van der Waals surface area contributed by atoms with E-state index >= 15 is 0 Å². The van der Waals surface area contributed by atoms with Crippen LogP contribution >= 0.6 is 9.66 Å². The van der Waals surface area contributed by atoms with Crippen molar-refractivity contribution in [3.8, 4) is 0 Å². The van der Waals surface area contributed by atoms with Gasteiger partial charge in [-0.25, -0.2) is 9.66 Å². The fourth-order valence-electron chi connectivity index (χ4n) is 0. The zero-order valence-electron chi connectivity index (χ0n) is 2.53. The number of rotatable bonds is 0. The van der Waals surface area contributed by atoms with Crippen molar-refractivity contribution >= 4 is 27.3 Å². The lowest BCUT2D eigenvalue weighted by Crippen LogP contribution is -1.12. The van der Waals surface area contributed by atoms with E-state index in [4.69, 9.17) is 0 Å². The summed E-state index contributed by atoms with van der Waals surface area (Å²) in [5.74, 6) is 10.3. The molecule has 0 spiro atoms. The van der Waals surface area contributed by atoms with Crippen LogP contribution in [0.5, 0.6) is 0 Å². The van der Waals surface area contributed by atoms with Gasteiger partial charge in [-0.15, -0.1) is 0 Å². The van der Waals surface area contributed by atoms with Gasteiger partial charge in [0.2, 0.25) is 0 Å². The Morgan fingerprint density at radius 3 is 1.00 bits per heavy atom. The summed E-state index contributed by atoms with van der Waals surface area (Å²) in [4.78, 5) is 0. The Balaban J connectivity index is 4.65. The molecule has 0 radical (unpaired) electrons. The van der Waals surface area contributed by atoms with Crippen LogP contribution in [0, 0.1) is 0 Å². The summed E-state index contributed by atoms with van der Waals surface area (Å²) in [5.41, 5.74) is 0. The summed E-state index contributed by atoms with van der Waals surface area (Å²) in [6.07, 6.45) is 0. The SMILES string of the molecule is C=S(=C)=C.